The van der Waals surface area contributed by atoms with Gasteiger partial charge >= 0.3 is 0 Å². The van der Waals surface area contributed by atoms with E-state index in [1.54, 1.807) is 10.9 Å². The third-order valence-corrected chi connectivity index (χ3v) is 5.96. The highest BCUT2D eigenvalue weighted by atomic mass is 16.1. The molecule has 0 spiro atoms. The Hall–Kier alpha value is -3.50. The van der Waals surface area contributed by atoms with E-state index in [2.05, 4.69) is 25.3 Å². The van der Waals surface area contributed by atoms with Crippen LogP contribution in [0, 0.1) is 6.92 Å². The van der Waals surface area contributed by atoms with Gasteiger partial charge in [0.1, 0.15) is 5.52 Å². The highest BCUT2D eigenvalue weighted by Crippen LogP contribution is 2.31. The summed E-state index contributed by atoms with van der Waals surface area (Å²) in [6.07, 6.45) is 7.49. The second-order valence-electron chi connectivity index (χ2n) is 8.37. The van der Waals surface area contributed by atoms with E-state index in [0.29, 0.717) is 28.2 Å². The maximum atomic E-state index is 13.2. The van der Waals surface area contributed by atoms with Crippen molar-refractivity contribution in [2.24, 2.45) is 18.5 Å². The molecule has 0 atom stereocenters. The van der Waals surface area contributed by atoms with Gasteiger partial charge in [-0.2, -0.15) is 5.10 Å². The highest BCUT2D eigenvalue weighted by molar-refractivity contribution is 6.13. The number of aryl methyl sites for hydroxylation is 2. The molecule has 1 fully saturated rings. The molecule has 3 aromatic heterocycles. The van der Waals surface area contributed by atoms with Crippen LogP contribution in [0.4, 0.5) is 11.5 Å². The van der Waals surface area contributed by atoms with Gasteiger partial charge in [-0.1, -0.05) is 0 Å². The van der Waals surface area contributed by atoms with Crippen LogP contribution in [0.3, 0.4) is 0 Å². The zero-order valence-electron chi connectivity index (χ0n) is 18.2. The molecule has 4 heterocycles. The number of benzene rings is 1. The molecule has 0 bridgehead atoms. The van der Waals surface area contributed by atoms with Gasteiger partial charge in [0.15, 0.2) is 11.5 Å². The molecule has 10 heteroatoms. The summed E-state index contributed by atoms with van der Waals surface area (Å²) >= 11 is 0. The molecule has 1 aliphatic rings. The Balaban J connectivity index is 1.48. The third kappa shape index (κ3) is 3.57. The molecule has 1 aromatic carbocycles. The largest absolute Gasteiger partial charge is 0.371 e. The fourth-order valence-corrected chi connectivity index (χ4v) is 4.38. The zero-order chi connectivity index (χ0) is 22.4. The highest BCUT2D eigenvalue weighted by Gasteiger charge is 2.22. The van der Waals surface area contributed by atoms with Crippen LogP contribution in [-0.4, -0.2) is 49.2 Å². The summed E-state index contributed by atoms with van der Waals surface area (Å²) in [7, 11) is 1.86. The molecule has 0 aliphatic carbocycles. The number of amides is 1. The van der Waals surface area contributed by atoms with Crippen molar-refractivity contribution in [1.82, 2.24) is 24.1 Å². The topological polar surface area (TPSA) is 132 Å². The maximum absolute atomic E-state index is 13.2. The molecule has 0 unspecified atom stereocenters. The van der Waals surface area contributed by atoms with Crippen LogP contribution in [0.15, 0.2) is 30.7 Å². The van der Waals surface area contributed by atoms with Crippen LogP contribution >= 0.6 is 0 Å². The fraction of sp³-hybridized carbons (Fsp3) is 0.364. The van der Waals surface area contributed by atoms with Crippen molar-refractivity contribution in [1.29, 1.82) is 0 Å². The van der Waals surface area contributed by atoms with Crippen LogP contribution in [0.25, 0.3) is 16.6 Å². The van der Waals surface area contributed by atoms with Gasteiger partial charge in [0, 0.05) is 56.2 Å². The second kappa shape index (κ2) is 7.88. The Bertz CT molecular complexity index is 1310. The van der Waals surface area contributed by atoms with Gasteiger partial charge in [0.25, 0.3) is 5.91 Å². The first-order valence-corrected chi connectivity index (χ1v) is 10.8. The van der Waals surface area contributed by atoms with E-state index in [9.17, 15) is 4.79 Å². The number of nitrogens with zero attached hydrogens (tertiary/aromatic N) is 6. The van der Waals surface area contributed by atoms with E-state index < -0.39 is 0 Å². The van der Waals surface area contributed by atoms with Crippen molar-refractivity contribution in [2.75, 3.05) is 23.3 Å². The lowest BCUT2D eigenvalue weighted by Gasteiger charge is -2.32. The quantitative estimate of drug-likeness (QED) is 0.445. The van der Waals surface area contributed by atoms with Crippen molar-refractivity contribution < 1.29 is 4.79 Å². The first-order chi connectivity index (χ1) is 15.4. The Morgan fingerprint density at radius 3 is 2.72 bits per heavy atom. The molecule has 166 valence electrons. The predicted octanol–water partition coefficient (Wildman–Crippen LogP) is 1.56. The lowest BCUT2D eigenvalue weighted by Crippen LogP contribution is -2.39. The second-order valence-corrected chi connectivity index (χ2v) is 8.37. The third-order valence-electron chi connectivity index (χ3n) is 5.96. The molecule has 0 radical (unpaired) electrons. The number of imidazole rings is 1. The van der Waals surface area contributed by atoms with Crippen molar-refractivity contribution >= 4 is 34.0 Å². The summed E-state index contributed by atoms with van der Waals surface area (Å²) in [5, 5.41) is 8.44. The number of hydrogen-bond donors (Lipinski definition) is 3. The maximum Gasteiger partial charge on any atom is 0.259 e. The van der Waals surface area contributed by atoms with Crippen LogP contribution in [-0.2, 0) is 13.6 Å². The summed E-state index contributed by atoms with van der Waals surface area (Å²) in [5.74, 6) is 0.179. The lowest BCUT2D eigenvalue weighted by atomic mass is 10.0. The lowest BCUT2D eigenvalue weighted by molar-refractivity contribution is 0.102. The number of anilines is 2. The van der Waals surface area contributed by atoms with Crippen LogP contribution in [0.1, 0.15) is 34.6 Å². The molecule has 32 heavy (non-hydrogen) atoms. The van der Waals surface area contributed by atoms with Crippen molar-refractivity contribution in [3.63, 3.8) is 0 Å². The Labute approximate surface area is 185 Å². The standard InChI is InChI=1S/C22H27N9O/c1-13-10-31-12-19(26-21(31)17(9-23)25-13)27-22(32)15-3-4-18(16-11-29(2)28-20(15)16)30-7-5-14(24)6-8-30/h3-4,10-12,14H,5-9,23-24H2,1-2H3,(H,27,32). The number of carbonyl (C=O) groups excluding carboxylic acids is 1. The molecule has 5 N–H and O–H groups in total. The Kier molecular flexibility index (Phi) is 5.03. The van der Waals surface area contributed by atoms with Gasteiger partial charge in [-0.25, -0.2) is 4.98 Å². The van der Waals surface area contributed by atoms with Gasteiger partial charge < -0.3 is 26.1 Å². The first kappa shape index (κ1) is 20.4. The van der Waals surface area contributed by atoms with E-state index in [1.165, 1.54) is 0 Å². The molecule has 10 nitrogen and oxygen atoms in total. The number of rotatable bonds is 4. The number of aromatic nitrogens is 5. The van der Waals surface area contributed by atoms with E-state index in [1.807, 2.05) is 42.9 Å². The Morgan fingerprint density at radius 1 is 1.19 bits per heavy atom. The summed E-state index contributed by atoms with van der Waals surface area (Å²) in [4.78, 5) is 24.4. The molecule has 5 rings (SSSR count). The average Bonchev–Trinajstić information content (AvgIpc) is 3.35. The van der Waals surface area contributed by atoms with Crippen molar-refractivity contribution in [3.05, 3.63) is 47.7 Å². The Morgan fingerprint density at radius 2 is 1.97 bits per heavy atom. The molecule has 4 aromatic rings. The number of nitrogens with one attached hydrogen (secondary N) is 1. The van der Waals surface area contributed by atoms with Gasteiger partial charge in [0.2, 0.25) is 0 Å². The van der Waals surface area contributed by atoms with Crippen LogP contribution in [0.2, 0.25) is 0 Å². The molecular weight excluding hydrogens is 406 g/mol. The molecule has 1 aliphatic heterocycles. The van der Waals surface area contributed by atoms with Crippen LogP contribution in [0.5, 0.6) is 0 Å². The van der Waals surface area contributed by atoms with Gasteiger partial charge in [-0.3, -0.25) is 14.5 Å². The van der Waals surface area contributed by atoms with E-state index >= 15 is 0 Å². The number of piperidine rings is 1. The molecule has 0 saturated carbocycles. The molecule has 1 saturated heterocycles. The van der Waals surface area contributed by atoms with E-state index in [-0.39, 0.29) is 18.5 Å². The minimum atomic E-state index is -0.261. The summed E-state index contributed by atoms with van der Waals surface area (Å²) in [5.41, 5.74) is 16.3. The van der Waals surface area contributed by atoms with Crippen LogP contribution < -0.4 is 21.7 Å². The average molecular weight is 434 g/mol. The first-order valence-electron chi connectivity index (χ1n) is 10.8. The molecular formula is C22H27N9O. The summed E-state index contributed by atoms with van der Waals surface area (Å²) < 4.78 is 3.58. The van der Waals surface area contributed by atoms with Crippen molar-refractivity contribution in [2.45, 2.75) is 32.4 Å². The normalized spacial score (nSPS) is 15.1. The number of carbonyl (C=O) groups is 1. The fourth-order valence-electron chi connectivity index (χ4n) is 4.38. The number of nitrogens with two attached hydrogens (primary N) is 2. The van der Waals surface area contributed by atoms with Gasteiger partial charge in [-0.15, -0.1) is 0 Å². The predicted molar refractivity (Wildman–Crippen MR) is 124 cm³/mol. The minimum absolute atomic E-state index is 0.255. The monoisotopic (exact) mass is 433 g/mol. The smallest absolute Gasteiger partial charge is 0.259 e. The van der Waals surface area contributed by atoms with E-state index in [0.717, 1.165) is 42.7 Å². The summed E-state index contributed by atoms with van der Waals surface area (Å²) in [6, 6.07) is 4.09. The van der Waals surface area contributed by atoms with E-state index in [4.69, 9.17) is 11.5 Å². The summed E-state index contributed by atoms with van der Waals surface area (Å²) in [6.45, 7) is 3.96. The number of fused-ring (bicyclic) bond motifs is 2. The molecule has 1 amide bonds. The van der Waals surface area contributed by atoms with Gasteiger partial charge in [0.05, 0.1) is 23.1 Å². The SMILES string of the molecule is Cc1cn2cc(NC(=O)c3ccc(N4CCC(N)CC4)c4cn(C)nc34)nc2c(CN)n1. The van der Waals surface area contributed by atoms with Crippen molar-refractivity contribution in [3.8, 4) is 0 Å². The van der Waals surface area contributed by atoms with Gasteiger partial charge in [-0.05, 0) is 31.9 Å². The zero-order valence-corrected chi connectivity index (χ0v) is 18.2. The minimum Gasteiger partial charge on any atom is -0.371 e. The number of hydrogen-bond acceptors (Lipinski definition) is 7.